The second-order valence-corrected chi connectivity index (χ2v) is 14.3. The minimum atomic E-state index is -0.827. The molecule has 1 aromatic rings. The molecule has 0 saturated carbocycles. The molecule has 5 atom stereocenters. The van der Waals surface area contributed by atoms with Gasteiger partial charge >= 0.3 is 0 Å². The van der Waals surface area contributed by atoms with E-state index in [4.69, 9.17) is 4.74 Å². The summed E-state index contributed by atoms with van der Waals surface area (Å²) < 4.78 is 4.05. The van der Waals surface area contributed by atoms with Gasteiger partial charge in [0.25, 0.3) is 0 Å². The lowest BCUT2D eigenvalue weighted by Gasteiger charge is -2.37. The van der Waals surface area contributed by atoms with Crippen LogP contribution in [0.1, 0.15) is 32.6 Å². The predicted molar refractivity (Wildman–Crippen MR) is 168 cm³/mol. The van der Waals surface area contributed by atoms with Gasteiger partial charge in [-0.1, -0.05) is 55.3 Å². The number of hydrogen-bond acceptors (Lipinski definition) is 7. The lowest BCUT2D eigenvalue weighted by atomic mass is 9.74. The summed E-state index contributed by atoms with van der Waals surface area (Å²) in [7, 11) is 0. The van der Waals surface area contributed by atoms with E-state index in [2.05, 4.69) is 30.1 Å². The van der Waals surface area contributed by atoms with Crippen LogP contribution in [0.2, 0.25) is 0 Å². The summed E-state index contributed by atoms with van der Waals surface area (Å²) in [5, 5.41) is 9.23. The summed E-state index contributed by atoms with van der Waals surface area (Å²) in [6, 6.07) is 9.00. The highest BCUT2D eigenvalue weighted by molar-refractivity contribution is 8.02. The molecule has 0 radical (unpaired) electrons. The van der Waals surface area contributed by atoms with E-state index in [0.717, 1.165) is 51.0 Å². The Morgan fingerprint density at radius 1 is 0.860 bits per heavy atom. The van der Waals surface area contributed by atoms with Crippen molar-refractivity contribution in [1.29, 1.82) is 0 Å². The van der Waals surface area contributed by atoms with Gasteiger partial charge < -0.3 is 24.5 Å². The number of carbonyl (C=O) groups is 3. The highest BCUT2D eigenvalue weighted by Crippen LogP contribution is 2.65. The lowest BCUT2D eigenvalue weighted by Crippen LogP contribution is -2.54. The Hall–Kier alpha value is -2.66. The largest absolute Gasteiger partial charge is 0.396 e. The third kappa shape index (κ3) is 5.56. The number of aliphatic hydroxyl groups excluding tert-OH is 1. The standard InChI is InChI=1S/C33H44N4O5S/c1-32-13-9-17-36(25-11-5-4-6-12-25)29(39)26(32)27-30(40)37(16-7-2-3-8-22-38)28-31(41)35(15-10-14-33(27,28)43-32)19-18-34-20-23-42-24-21-34/h4-6,9-14,26-28,38H,2-3,7-8,15-24H2,1H3/t26-,27+,28?,32+,33+/m1/s1. The fraction of sp³-hybridized carbons (Fsp3) is 0.606. The van der Waals surface area contributed by atoms with Crippen LogP contribution in [0.25, 0.3) is 0 Å². The van der Waals surface area contributed by atoms with Gasteiger partial charge in [0.1, 0.15) is 6.04 Å². The first-order valence-corrected chi connectivity index (χ1v) is 16.6. The van der Waals surface area contributed by atoms with Gasteiger partial charge in [0.15, 0.2) is 0 Å². The first kappa shape index (κ1) is 30.4. The molecular formula is C33H44N4O5S. The van der Waals surface area contributed by atoms with Crippen LogP contribution in [0, 0.1) is 11.8 Å². The molecule has 1 aromatic carbocycles. The van der Waals surface area contributed by atoms with Crippen LogP contribution in [0.5, 0.6) is 0 Å². The number of benzene rings is 1. The number of fused-ring (bicyclic) bond motifs is 2. The molecule has 232 valence electrons. The molecule has 1 spiro atoms. The topological polar surface area (TPSA) is 93.6 Å². The molecule has 5 aliphatic rings. The number of para-hydroxylation sites is 1. The molecule has 3 fully saturated rings. The molecule has 5 aliphatic heterocycles. The van der Waals surface area contributed by atoms with E-state index >= 15 is 0 Å². The Bertz CT molecular complexity index is 1250. The van der Waals surface area contributed by atoms with Crippen molar-refractivity contribution in [2.75, 3.05) is 70.5 Å². The van der Waals surface area contributed by atoms with Crippen molar-refractivity contribution in [3.63, 3.8) is 0 Å². The molecule has 0 aliphatic carbocycles. The third-order valence-electron chi connectivity index (χ3n) is 9.81. The molecule has 43 heavy (non-hydrogen) atoms. The van der Waals surface area contributed by atoms with Gasteiger partial charge in [0.05, 0.1) is 29.8 Å². The van der Waals surface area contributed by atoms with Crippen molar-refractivity contribution in [3.8, 4) is 0 Å². The van der Waals surface area contributed by atoms with Gasteiger partial charge in [0.2, 0.25) is 17.7 Å². The van der Waals surface area contributed by atoms with Crippen LogP contribution in [-0.2, 0) is 19.1 Å². The lowest BCUT2D eigenvalue weighted by molar-refractivity contribution is -0.143. The van der Waals surface area contributed by atoms with Gasteiger partial charge in [0, 0.05) is 62.9 Å². The number of aliphatic hydroxyl groups is 1. The molecule has 1 N–H and O–H groups in total. The van der Waals surface area contributed by atoms with Crippen LogP contribution in [0.15, 0.2) is 54.6 Å². The van der Waals surface area contributed by atoms with Crippen LogP contribution >= 0.6 is 11.8 Å². The SMILES string of the molecule is C[C@]12C=CCN(c3ccccc3)C(=O)[C@H]1[C@H]1C(=O)N(CCCCCCO)C3C(=O)N(CCN4CCOCC4)CC=C[C@@]31S2. The molecule has 5 heterocycles. The first-order valence-electron chi connectivity index (χ1n) is 15.8. The van der Waals surface area contributed by atoms with Crippen molar-refractivity contribution in [2.45, 2.75) is 48.1 Å². The van der Waals surface area contributed by atoms with Crippen LogP contribution in [0.3, 0.4) is 0 Å². The Morgan fingerprint density at radius 2 is 1.60 bits per heavy atom. The summed E-state index contributed by atoms with van der Waals surface area (Å²) >= 11 is 1.64. The number of hydrogen-bond donors (Lipinski definition) is 1. The average Bonchev–Trinajstić information content (AvgIpc) is 3.28. The Labute approximate surface area is 258 Å². The van der Waals surface area contributed by atoms with E-state index in [-0.39, 0.29) is 24.3 Å². The van der Waals surface area contributed by atoms with Crippen molar-refractivity contribution in [1.82, 2.24) is 14.7 Å². The highest BCUT2D eigenvalue weighted by Gasteiger charge is 2.73. The number of nitrogens with zero attached hydrogens (tertiary/aromatic N) is 4. The molecular weight excluding hydrogens is 564 g/mol. The predicted octanol–water partition coefficient (Wildman–Crippen LogP) is 2.56. The Balaban J connectivity index is 1.33. The van der Waals surface area contributed by atoms with Gasteiger partial charge in [-0.15, -0.1) is 11.8 Å². The first-order chi connectivity index (χ1) is 20.9. The van der Waals surface area contributed by atoms with Crippen LogP contribution in [-0.4, -0.2) is 119 Å². The molecule has 0 bridgehead atoms. The second-order valence-electron chi connectivity index (χ2n) is 12.5. The number of anilines is 1. The summed E-state index contributed by atoms with van der Waals surface area (Å²) in [6.07, 6.45) is 11.6. The monoisotopic (exact) mass is 608 g/mol. The summed E-state index contributed by atoms with van der Waals surface area (Å²) in [4.78, 5) is 51.5. The number of carbonyl (C=O) groups excluding carboxylic acids is 3. The van der Waals surface area contributed by atoms with E-state index in [1.54, 1.807) is 16.7 Å². The number of thioether (sulfide) groups is 1. The number of morpholine rings is 1. The molecule has 0 aromatic heterocycles. The van der Waals surface area contributed by atoms with Crippen LogP contribution in [0.4, 0.5) is 5.69 Å². The number of ether oxygens (including phenoxy) is 1. The zero-order valence-electron chi connectivity index (χ0n) is 25.1. The smallest absolute Gasteiger partial charge is 0.247 e. The van der Waals surface area contributed by atoms with E-state index in [0.29, 0.717) is 39.4 Å². The van der Waals surface area contributed by atoms with Crippen molar-refractivity contribution >= 4 is 35.2 Å². The molecule has 3 amide bonds. The van der Waals surface area contributed by atoms with Gasteiger partial charge in [-0.3, -0.25) is 19.3 Å². The zero-order valence-corrected chi connectivity index (χ0v) is 25.9. The van der Waals surface area contributed by atoms with Crippen LogP contribution < -0.4 is 4.90 Å². The normalized spacial score (nSPS) is 32.6. The fourth-order valence-electron chi connectivity index (χ4n) is 7.68. The quantitative estimate of drug-likeness (QED) is 0.323. The number of likely N-dealkylation sites (tertiary alicyclic amines) is 1. The maximum absolute atomic E-state index is 14.6. The number of rotatable bonds is 10. The number of amides is 3. The maximum atomic E-state index is 14.6. The summed E-state index contributed by atoms with van der Waals surface area (Å²) in [5.74, 6) is -1.39. The average molecular weight is 609 g/mol. The van der Waals surface area contributed by atoms with Crippen molar-refractivity contribution < 1.29 is 24.2 Å². The maximum Gasteiger partial charge on any atom is 0.247 e. The van der Waals surface area contributed by atoms with E-state index in [9.17, 15) is 19.5 Å². The summed E-state index contributed by atoms with van der Waals surface area (Å²) in [6.45, 7) is 8.12. The van der Waals surface area contributed by atoms with Gasteiger partial charge in [-0.2, -0.15) is 0 Å². The van der Waals surface area contributed by atoms with E-state index in [1.165, 1.54) is 0 Å². The molecule has 10 heteroatoms. The molecule has 9 nitrogen and oxygen atoms in total. The van der Waals surface area contributed by atoms with E-state index < -0.39 is 27.4 Å². The van der Waals surface area contributed by atoms with Gasteiger partial charge in [-0.25, -0.2) is 0 Å². The fourth-order valence-corrected chi connectivity index (χ4v) is 9.84. The van der Waals surface area contributed by atoms with Crippen molar-refractivity contribution in [2.24, 2.45) is 11.8 Å². The molecule has 6 rings (SSSR count). The van der Waals surface area contributed by atoms with E-state index in [1.807, 2.05) is 46.2 Å². The highest BCUT2D eigenvalue weighted by atomic mass is 32.2. The molecule has 3 saturated heterocycles. The summed E-state index contributed by atoms with van der Waals surface area (Å²) in [5.41, 5.74) is 0.817. The van der Waals surface area contributed by atoms with Gasteiger partial charge in [-0.05, 0) is 31.9 Å². The number of unbranched alkanes of at least 4 members (excludes halogenated alkanes) is 3. The zero-order chi connectivity index (χ0) is 30.0. The third-order valence-corrected chi connectivity index (χ3v) is 11.6. The Kier molecular flexibility index (Phi) is 9.01. The minimum absolute atomic E-state index is 0.0200. The Morgan fingerprint density at radius 3 is 2.37 bits per heavy atom. The second kappa shape index (κ2) is 12.8. The molecule has 1 unspecified atom stereocenters. The van der Waals surface area contributed by atoms with Crippen molar-refractivity contribution in [3.05, 3.63) is 54.6 Å². The minimum Gasteiger partial charge on any atom is -0.396 e.